The summed E-state index contributed by atoms with van der Waals surface area (Å²) in [6.07, 6.45) is -1.56. The lowest BCUT2D eigenvalue weighted by Gasteiger charge is -2.20. The van der Waals surface area contributed by atoms with Gasteiger partial charge in [0.2, 0.25) is 12.0 Å². The van der Waals surface area contributed by atoms with Gasteiger partial charge in [-0.15, -0.1) is 0 Å². The minimum Gasteiger partial charge on any atom is -0.447 e. The van der Waals surface area contributed by atoms with Crippen LogP contribution in [0.15, 0.2) is 54.6 Å². The summed E-state index contributed by atoms with van der Waals surface area (Å²) < 4.78 is 19.4. The average Bonchev–Trinajstić information content (AvgIpc) is 3.14. The van der Waals surface area contributed by atoms with Crippen LogP contribution in [0.1, 0.15) is 18.1 Å². The molecule has 0 unspecified atom stereocenters. The van der Waals surface area contributed by atoms with Gasteiger partial charge in [0.1, 0.15) is 5.82 Å². The number of nitrogens with zero attached hydrogens (tertiary/aromatic N) is 1. The lowest BCUT2D eigenvalue weighted by atomic mass is 10.1. The van der Waals surface area contributed by atoms with E-state index >= 15 is 0 Å². The number of esters is 1. The molecule has 1 saturated heterocycles. The van der Waals surface area contributed by atoms with Gasteiger partial charge in [0.15, 0.2) is 0 Å². The molecular formula is C21H20FN3O5. The van der Waals surface area contributed by atoms with Crippen LogP contribution in [0.3, 0.4) is 0 Å². The predicted molar refractivity (Wildman–Crippen MR) is 105 cm³/mol. The van der Waals surface area contributed by atoms with E-state index in [1.54, 1.807) is 36.4 Å². The van der Waals surface area contributed by atoms with E-state index in [1.807, 2.05) is 0 Å². The van der Waals surface area contributed by atoms with E-state index in [0.29, 0.717) is 5.56 Å². The maximum atomic E-state index is 14.0. The standard InChI is InChI=1S/C21H20FN3O5/c1-23-21(29)24-19(27)18(13-7-3-2-4-8-13)30-20(28)14-11-17(26)25(12-14)16-10-6-5-9-15(16)22/h2-10,14,18H,11-12H2,1H3,(H2,23,24,27,29)/t14-,18+/m0/s1. The van der Waals surface area contributed by atoms with Gasteiger partial charge < -0.3 is 15.0 Å². The quantitative estimate of drug-likeness (QED) is 0.729. The second-order valence-electron chi connectivity index (χ2n) is 6.65. The molecule has 2 atom stereocenters. The van der Waals surface area contributed by atoms with E-state index < -0.39 is 41.7 Å². The average molecular weight is 413 g/mol. The molecule has 1 heterocycles. The number of para-hydroxylation sites is 1. The lowest BCUT2D eigenvalue weighted by molar-refractivity contribution is -0.159. The summed E-state index contributed by atoms with van der Waals surface area (Å²) in [4.78, 5) is 50.2. The molecule has 0 aliphatic carbocycles. The number of rotatable bonds is 5. The van der Waals surface area contributed by atoms with E-state index in [4.69, 9.17) is 4.74 Å². The van der Waals surface area contributed by atoms with Crippen LogP contribution in [0.4, 0.5) is 14.9 Å². The van der Waals surface area contributed by atoms with Crippen molar-refractivity contribution in [3.8, 4) is 0 Å². The molecule has 2 aromatic carbocycles. The molecule has 1 fully saturated rings. The topological polar surface area (TPSA) is 105 Å². The van der Waals surface area contributed by atoms with Gasteiger partial charge in [0.05, 0.1) is 11.6 Å². The van der Waals surface area contributed by atoms with Crippen LogP contribution in [0, 0.1) is 11.7 Å². The van der Waals surface area contributed by atoms with Crippen molar-refractivity contribution in [2.45, 2.75) is 12.5 Å². The molecule has 0 spiro atoms. The van der Waals surface area contributed by atoms with Gasteiger partial charge >= 0.3 is 12.0 Å². The summed E-state index contributed by atoms with van der Waals surface area (Å²) in [5.41, 5.74) is 0.442. The molecule has 1 aliphatic rings. The molecule has 8 nitrogen and oxygen atoms in total. The molecular weight excluding hydrogens is 393 g/mol. The number of hydrogen-bond acceptors (Lipinski definition) is 5. The Morgan fingerprint density at radius 1 is 1.10 bits per heavy atom. The first-order chi connectivity index (χ1) is 14.4. The third-order valence-electron chi connectivity index (χ3n) is 4.64. The van der Waals surface area contributed by atoms with Crippen molar-refractivity contribution in [3.63, 3.8) is 0 Å². The maximum Gasteiger partial charge on any atom is 0.321 e. The minimum absolute atomic E-state index is 0.0722. The van der Waals surface area contributed by atoms with Crippen LogP contribution in [0.2, 0.25) is 0 Å². The first-order valence-corrected chi connectivity index (χ1v) is 9.23. The van der Waals surface area contributed by atoms with Crippen molar-refractivity contribution < 1.29 is 28.3 Å². The highest BCUT2D eigenvalue weighted by Crippen LogP contribution is 2.29. The molecule has 0 radical (unpaired) electrons. The summed E-state index contributed by atoms with van der Waals surface area (Å²) in [5, 5.41) is 4.33. The highest BCUT2D eigenvalue weighted by molar-refractivity contribution is 6.01. The van der Waals surface area contributed by atoms with E-state index in [2.05, 4.69) is 10.6 Å². The number of imide groups is 1. The Kier molecular flexibility index (Phi) is 6.41. The summed E-state index contributed by atoms with van der Waals surface area (Å²) >= 11 is 0. The molecule has 4 amide bonds. The number of hydrogen-bond donors (Lipinski definition) is 2. The number of benzene rings is 2. The summed E-state index contributed by atoms with van der Waals surface area (Å²) in [7, 11) is 1.34. The number of nitrogens with one attached hydrogen (secondary N) is 2. The Labute approximate surface area is 172 Å². The SMILES string of the molecule is CNC(=O)NC(=O)[C@H](OC(=O)[C@H]1CC(=O)N(c2ccccc2F)C1)c1ccccc1. The number of anilines is 1. The first kappa shape index (κ1) is 21.0. The van der Waals surface area contributed by atoms with Crippen LogP contribution in [-0.2, 0) is 19.1 Å². The Balaban J connectivity index is 1.76. The van der Waals surface area contributed by atoms with E-state index in [-0.39, 0.29) is 18.7 Å². The van der Waals surface area contributed by atoms with Crippen LogP contribution < -0.4 is 15.5 Å². The minimum atomic E-state index is -1.38. The molecule has 30 heavy (non-hydrogen) atoms. The van der Waals surface area contributed by atoms with E-state index in [9.17, 15) is 23.6 Å². The number of carbonyl (C=O) groups is 4. The van der Waals surface area contributed by atoms with Crippen molar-refractivity contribution in [3.05, 3.63) is 66.0 Å². The van der Waals surface area contributed by atoms with Gasteiger partial charge in [-0.2, -0.15) is 0 Å². The zero-order valence-electron chi connectivity index (χ0n) is 16.1. The Morgan fingerprint density at radius 2 is 1.77 bits per heavy atom. The van der Waals surface area contributed by atoms with Gasteiger partial charge in [-0.25, -0.2) is 9.18 Å². The molecule has 2 N–H and O–H groups in total. The fourth-order valence-corrected chi connectivity index (χ4v) is 3.12. The fourth-order valence-electron chi connectivity index (χ4n) is 3.12. The third-order valence-corrected chi connectivity index (χ3v) is 4.64. The number of halogens is 1. The Bertz CT molecular complexity index is 966. The second kappa shape index (κ2) is 9.17. The first-order valence-electron chi connectivity index (χ1n) is 9.23. The van der Waals surface area contributed by atoms with Crippen molar-refractivity contribution in [2.24, 2.45) is 5.92 Å². The highest BCUT2D eigenvalue weighted by atomic mass is 19.1. The lowest BCUT2D eigenvalue weighted by Crippen LogP contribution is -2.41. The van der Waals surface area contributed by atoms with Gasteiger partial charge in [-0.1, -0.05) is 42.5 Å². The number of ether oxygens (including phenoxy) is 1. The zero-order chi connectivity index (χ0) is 21.7. The zero-order valence-corrected chi connectivity index (χ0v) is 16.1. The van der Waals surface area contributed by atoms with Crippen molar-refractivity contribution in [1.82, 2.24) is 10.6 Å². The van der Waals surface area contributed by atoms with Gasteiger partial charge in [-0.05, 0) is 12.1 Å². The monoisotopic (exact) mass is 413 g/mol. The summed E-state index contributed by atoms with van der Waals surface area (Å²) in [6.45, 7) is -0.0722. The molecule has 3 rings (SSSR count). The Hall–Kier alpha value is -3.75. The predicted octanol–water partition coefficient (Wildman–Crippen LogP) is 1.92. The number of urea groups is 1. The second-order valence-corrected chi connectivity index (χ2v) is 6.65. The van der Waals surface area contributed by atoms with E-state index in [1.165, 1.54) is 30.1 Å². The molecule has 2 aromatic rings. The molecule has 1 aliphatic heterocycles. The molecule has 0 bridgehead atoms. The largest absolute Gasteiger partial charge is 0.447 e. The van der Waals surface area contributed by atoms with E-state index in [0.717, 1.165) is 0 Å². The fraction of sp³-hybridized carbons (Fsp3) is 0.238. The van der Waals surface area contributed by atoms with Crippen LogP contribution >= 0.6 is 0 Å². The van der Waals surface area contributed by atoms with Gasteiger partial charge in [-0.3, -0.25) is 19.7 Å². The Morgan fingerprint density at radius 3 is 2.43 bits per heavy atom. The number of amides is 4. The van der Waals surface area contributed by atoms with Gasteiger partial charge in [0.25, 0.3) is 5.91 Å². The van der Waals surface area contributed by atoms with Crippen LogP contribution in [-0.4, -0.2) is 37.4 Å². The van der Waals surface area contributed by atoms with Crippen molar-refractivity contribution in [1.29, 1.82) is 0 Å². The van der Waals surface area contributed by atoms with Crippen molar-refractivity contribution in [2.75, 3.05) is 18.5 Å². The molecule has 0 aromatic heterocycles. The van der Waals surface area contributed by atoms with Crippen molar-refractivity contribution >= 4 is 29.5 Å². The summed E-state index contributed by atoms with van der Waals surface area (Å²) in [5.74, 6) is -3.50. The molecule has 9 heteroatoms. The number of carbonyl (C=O) groups excluding carboxylic acids is 4. The van der Waals surface area contributed by atoms with Gasteiger partial charge in [0, 0.05) is 25.6 Å². The van der Waals surface area contributed by atoms with Crippen LogP contribution in [0.25, 0.3) is 0 Å². The molecule has 156 valence electrons. The molecule has 0 saturated carbocycles. The maximum absolute atomic E-state index is 14.0. The van der Waals surface area contributed by atoms with Crippen LogP contribution in [0.5, 0.6) is 0 Å². The normalized spacial score (nSPS) is 16.7. The smallest absolute Gasteiger partial charge is 0.321 e. The highest BCUT2D eigenvalue weighted by Gasteiger charge is 2.39. The summed E-state index contributed by atoms with van der Waals surface area (Å²) in [6, 6.07) is 13.2. The third kappa shape index (κ3) is 4.62.